The summed E-state index contributed by atoms with van der Waals surface area (Å²) in [5.41, 5.74) is 1.68. The van der Waals surface area contributed by atoms with E-state index in [0.29, 0.717) is 42.4 Å². The van der Waals surface area contributed by atoms with Crippen LogP contribution in [0.2, 0.25) is 0 Å². The van der Waals surface area contributed by atoms with E-state index in [0.717, 1.165) is 46.5 Å². The van der Waals surface area contributed by atoms with Crippen molar-refractivity contribution in [2.75, 3.05) is 29.5 Å². The number of carbonyl (C=O) groups excluding carboxylic acids is 3. The zero-order valence-electron chi connectivity index (χ0n) is 20.5. The first-order valence-corrected chi connectivity index (χ1v) is 13.8. The number of carbonyl (C=O) groups is 3. The van der Waals surface area contributed by atoms with Crippen LogP contribution in [-0.4, -0.2) is 46.6 Å². The second kappa shape index (κ2) is 13.4. The minimum Gasteiger partial charge on any atom is -0.351 e. The Morgan fingerprint density at radius 2 is 1.80 bits per heavy atom. The van der Waals surface area contributed by atoms with Crippen molar-refractivity contribution in [3.63, 3.8) is 0 Å². The lowest BCUT2D eigenvalue weighted by Crippen LogP contribution is -2.26. The van der Waals surface area contributed by atoms with Crippen molar-refractivity contribution >= 4 is 57.2 Å². The Kier molecular flexibility index (Phi) is 10.3. The molecular formula is C25H33N5O3S2. The zero-order chi connectivity index (χ0) is 25.2. The zero-order valence-corrected chi connectivity index (χ0v) is 22.1. The van der Waals surface area contributed by atoms with Crippen LogP contribution in [0.3, 0.4) is 0 Å². The van der Waals surface area contributed by atoms with Crippen LogP contribution < -0.4 is 16.0 Å². The number of para-hydroxylation sites is 2. The van der Waals surface area contributed by atoms with Gasteiger partial charge >= 0.3 is 0 Å². The van der Waals surface area contributed by atoms with E-state index in [4.69, 9.17) is 0 Å². The van der Waals surface area contributed by atoms with Gasteiger partial charge in [-0.15, -0.1) is 23.1 Å². The molecule has 188 valence electrons. The number of thioether (sulfide) groups is 1. The molecule has 0 aliphatic carbocycles. The molecule has 3 rings (SSSR count). The second-order valence-electron chi connectivity index (χ2n) is 8.77. The number of hydrogen-bond acceptors (Lipinski definition) is 7. The predicted molar refractivity (Wildman–Crippen MR) is 145 cm³/mol. The van der Waals surface area contributed by atoms with Crippen LogP contribution in [0, 0.1) is 5.92 Å². The summed E-state index contributed by atoms with van der Waals surface area (Å²) in [5.74, 6) is 0.969. The van der Waals surface area contributed by atoms with Crippen LogP contribution in [0.4, 0.5) is 11.4 Å². The van der Waals surface area contributed by atoms with E-state index in [9.17, 15) is 14.4 Å². The number of aliphatic imine (C=N–C) groups is 1. The number of thiazole rings is 1. The second-order valence-corrected chi connectivity index (χ2v) is 10.9. The van der Waals surface area contributed by atoms with Gasteiger partial charge in [-0.05, 0) is 37.3 Å². The van der Waals surface area contributed by atoms with Crippen molar-refractivity contribution in [1.82, 2.24) is 10.3 Å². The van der Waals surface area contributed by atoms with Gasteiger partial charge in [-0.1, -0.05) is 32.4 Å². The number of benzene rings is 1. The first-order valence-electron chi connectivity index (χ1n) is 12.0. The molecule has 0 unspecified atom stereocenters. The largest absolute Gasteiger partial charge is 0.351 e. The van der Waals surface area contributed by atoms with Gasteiger partial charge in [-0.3, -0.25) is 19.4 Å². The van der Waals surface area contributed by atoms with Crippen LogP contribution >= 0.6 is 23.1 Å². The van der Waals surface area contributed by atoms with Crippen LogP contribution in [0.25, 0.3) is 0 Å². The fourth-order valence-electron chi connectivity index (χ4n) is 3.57. The number of rotatable bonds is 12. The molecule has 1 aliphatic rings. The van der Waals surface area contributed by atoms with E-state index in [1.54, 1.807) is 41.3 Å². The van der Waals surface area contributed by atoms with Crippen molar-refractivity contribution in [2.45, 2.75) is 52.9 Å². The van der Waals surface area contributed by atoms with Crippen molar-refractivity contribution in [3.8, 4) is 0 Å². The van der Waals surface area contributed by atoms with Crippen molar-refractivity contribution in [3.05, 3.63) is 39.8 Å². The topological polar surface area (TPSA) is 113 Å². The molecule has 1 aliphatic heterocycles. The molecule has 0 saturated carbocycles. The summed E-state index contributed by atoms with van der Waals surface area (Å²) < 4.78 is 0. The number of unbranched alkanes of at least 4 members (excludes halogenated alkanes) is 2. The lowest BCUT2D eigenvalue weighted by atomic mass is 10.1. The van der Waals surface area contributed by atoms with Gasteiger partial charge in [0.15, 0.2) is 0 Å². The monoisotopic (exact) mass is 515 g/mol. The Labute approximate surface area is 214 Å². The molecule has 35 heavy (non-hydrogen) atoms. The van der Waals surface area contributed by atoms with E-state index in [1.165, 1.54) is 6.92 Å². The summed E-state index contributed by atoms with van der Waals surface area (Å²) in [6.45, 7) is 7.05. The Hall–Kier alpha value is -2.72. The highest BCUT2D eigenvalue weighted by molar-refractivity contribution is 8.14. The first kappa shape index (κ1) is 26.9. The third kappa shape index (κ3) is 8.47. The molecule has 10 heteroatoms. The Balaban J connectivity index is 1.41. The highest BCUT2D eigenvalue weighted by Gasteiger charge is 2.22. The molecule has 0 fully saturated rings. The third-order valence-electron chi connectivity index (χ3n) is 5.15. The number of anilines is 2. The van der Waals surface area contributed by atoms with Gasteiger partial charge in [0.05, 0.1) is 11.4 Å². The SMILES string of the molecule is CC(=O)Nc1ccccc1NC(=O)CCCCCNC(=O)c1nc(C2=NCCS2)sc1CC(C)C. The molecule has 3 amide bonds. The molecule has 0 atom stereocenters. The molecule has 1 aromatic heterocycles. The van der Waals surface area contributed by atoms with Crippen LogP contribution in [0.5, 0.6) is 0 Å². The summed E-state index contributed by atoms with van der Waals surface area (Å²) in [4.78, 5) is 46.6. The maximum Gasteiger partial charge on any atom is 0.271 e. The summed E-state index contributed by atoms with van der Waals surface area (Å²) >= 11 is 3.27. The summed E-state index contributed by atoms with van der Waals surface area (Å²) in [6, 6.07) is 7.11. The van der Waals surface area contributed by atoms with E-state index in [1.807, 2.05) is 6.07 Å². The molecule has 0 saturated heterocycles. The van der Waals surface area contributed by atoms with E-state index in [-0.39, 0.29) is 17.7 Å². The first-order chi connectivity index (χ1) is 16.8. The molecule has 8 nitrogen and oxygen atoms in total. The van der Waals surface area contributed by atoms with Gasteiger partial charge in [0.25, 0.3) is 5.91 Å². The lowest BCUT2D eigenvalue weighted by Gasteiger charge is -2.11. The highest BCUT2D eigenvalue weighted by atomic mass is 32.2. The van der Waals surface area contributed by atoms with Crippen molar-refractivity contribution in [2.24, 2.45) is 10.9 Å². The molecular weight excluding hydrogens is 482 g/mol. The molecule has 2 heterocycles. The quantitative estimate of drug-likeness (QED) is 0.354. The number of nitrogens with zero attached hydrogens (tertiary/aromatic N) is 2. The van der Waals surface area contributed by atoms with Crippen molar-refractivity contribution in [1.29, 1.82) is 0 Å². The smallest absolute Gasteiger partial charge is 0.271 e. The van der Waals surface area contributed by atoms with Gasteiger partial charge in [0.1, 0.15) is 15.7 Å². The Morgan fingerprint density at radius 3 is 2.46 bits per heavy atom. The highest BCUT2D eigenvalue weighted by Crippen LogP contribution is 2.28. The Morgan fingerprint density at radius 1 is 1.06 bits per heavy atom. The normalized spacial score (nSPS) is 13.0. The number of amides is 3. The molecule has 0 radical (unpaired) electrons. The summed E-state index contributed by atoms with van der Waals surface area (Å²) in [7, 11) is 0. The summed E-state index contributed by atoms with van der Waals surface area (Å²) in [6.07, 6.45) is 3.49. The fourth-order valence-corrected chi connectivity index (χ4v) is 5.77. The number of hydrogen-bond donors (Lipinski definition) is 3. The average Bonchev–Trinajstić information content (AvgIpc) is 3.47. The van der Waals surface area contributed by atoms with Gasteiger partial charge in [-0.2, -0.15) is 0 Å². The fraction of sp³-hybridized carbons (Fsp3) is 0.480. The molecule has 3 N–H and O–H groups in total. The van der Waals surface area contributed by atoms with Gasteiger partial charge in [0, 0.05) is 37.1 Å². The maximum atomic E-state index is 12.8. The third-order valence-corrected chi connectivity index (χ3v) is 7.35. The number of nitrogens with one attached hydrogen (secondary N) is 3. The molecule has 0 bridgehead atoms. The molecule has 1 aromatic carbocycles. The summed E-state index contributed by atoms with van der Waals surface area (Å²) in [5, 5.41) is 10.3. The van der Waals surface area contributed by atoms with Crippen LogP contribution in [0.15, 0.2) is 29.3 Å². The van der Waals surface area contributed by atoms with Crippen LogP contribution in [0.1, 0.15) is 66.8 Å². The minimum absolute atomic E-state index is 0.104. The lowest BCUT2D eigenvalue weighted by molar-refractivity contribution is -0.116. The molecule has 2 aromatic rings. The Bertz CT molecular complexity index is 1080. The predicted octanol–water partition coefficient (Wildman–Crippen LogP) is 4.72. The van der Waals surface area contributed by atoms with Gasteiger partial charge < -0.3 is 16.0 Å². The van der Waals surface area contributed by atoms with Crippen molar-refractivity contribution < 1.29 is 14.4 Å². The maximum absolute atomic E-state index is 12.8. The number of aromatic nitrogens is 1. The minimum atomic E-state index is -0.190. The van der Waals surface area contributed by atoms with Gasteiger partial charge in [-0.25, -0.2) is 4.98 Å². The van der Waals surface area contributed by atoms with Gasteiger partial charge in [0.2, 0.25) is 11.8 Å². The van der Waals surface area contributed by atoms with Crippen LogP contribution in [-0.2, 0) is 16.0 Å². The van der Waals surface area contributed by atoms with E-state index >= 15 is 0 Å². The molecule has 0 spiro atoms. The average molecular weight is 516 g/mol. The van der Waals surface area contributed by atoms with E-state index in [2.05, 4.69) is 39.8 Å². The van der Waals surface area contributed by atoms with E-state index < -0.39 is 0 Å². The standard InChI is InChI=1S/C25H33N5O3S2/c1-16(2)15-20-22(30-25(35-20)24-27-13-14-34-24)23(33)26-12-8-4-5-11-21(32)29-19-10-7-6-9-18(19)28-17(3)31/h6-7,9-10,16H,4-5,8,11-15H2,1-3H3,(H,26,33)(H,28,31)(H,29,32).